The SMILES string of the molecule is CCn1c(CN(C)Cc2ccc(Cl)cc2Cl)nc2cc(S(=O)(=O)N(C)C)ccc21. The number of hydrogen-bond donors (Lipinski definition) is 0. The monoisotopic (exact) mass is 454 g/mol. The Hall–Kier alpha value is -1.64. The number of benzene rings is 2. The van der Waals surface area contributed by atoms with Gasteiger partial charge in [0.05, 0.1) is 22.5 Å². The standard InChI is InChI=1S/C20H24Cl2N4O2S/c1-5-26-19-9-8-16(29(27,28)24(2)3)11-18(19)23-20(26)13-25(4)12-14-6-7-15(21)10-17(14)22/h6-11H,5,12-13H2,1-4H3. The number of imidazole rings is 1. The molecule has 2 aromatic carbocycles. The quantitative estimate of drug-likeness (QED) is 0.535. The van der Waals surface area contributed by atoms with Crippen molar-refractivity contribution in [1.29, 1.82) is 0 Å². The van der Waals surface area contributed by atoms with Gasteiger partial charge in [-0.3, -0.25) is 4.90 Å². The number of halogens is 2. The van der Waals surface area contributed by atoms with E-state index in [0.717, 1.165) is 23.4 Å². The van der Waals surface area contributed by atoms with Crippen molar-refractivity contribution < 1.29 is 8.42 Å². The predicted octanol–water partition coefficient (Wildman–Crippen LogP) is 4.25. The summed E-state index contributed by atoms with van der Waals surface area (Å²) in [6.45, 7) is 4.02. The van der Waals surface area contributed by atoms with E-state index in [2.05, 4.69) is 9.47 Å². The number of hydrogen-bond acceptors (Lipinski definition) is 4. The molecule has 3 aromatic rings. The highest BCUT2D eigenvalue weighted by molar-refractivity contribution is 7.89. The molecule has 0 saturated heterocycles. The predicted molar refractivity (Wildman–Crippen MR) is 118 cm³/mol. The maximum atomic E-state index is 12.4. The normalized spacial score (nSPS) is 12.4. The molecule has 156 valence electrons. The van der Waals surface area contributed by atoms with Crippen LogP contribution in [0.15, 0.2) is 41.3 Å². The van der Waals surface area contributed by atoms with Gasteiger partial charge in [0.2, 0.25) is 10.0 Å². The highest BCUT2D eigenvalue weighted by Crippen LogP contribution is 2.25. The van der Waals surface area contributed by atoms with Crippen LogP contribution < -0.4 is 0 Å². The molecule has 0 aliphatic rings. The fraction of sp³-hybridized carbons (Fsp3) is 0.350. The molecule has 0 N–H and O–H groups in total. The molecular weight excluding hydrogens is 431 g/mol. The first-order chi connectivity index (χ1) is 13.6. The van der Waals surface area contributed by atoms with Crippen molar-refractivity contribution in [3.63, 3.8) is 0 Å². The lowest BCUT2D eigenvalue weighted by molar-refractivity contribution is 0.306. The van der Waals surface area contributed by atoms with Crippen LogP contribution in [-0.4, -0.2) is 48.3 Å². The Morgan fingerprint density at radius 3 is 2.38 bits per heavy atom. The van der Waals surface area contributed by atoms with Crippen LogP contribution in [0.5, 0.6) is 0 Å². The van der Waals surface area contributed by atoms with Gasteiger partial charge in [-0.15, -0.1) is 0 Å². The lowest BCUT2D eigenvalue weighted by atomic mass is 10.2. The van der Waals surface area contributed by atoms with Crippen molar-refractivity contribution in [1.82, 2.24) is 18.8 Å². The van der Waals surface area contributed by atoms with Crippen molar-refractivity contribution in [3.8, 4) is 0 Å². The van der Waals surface area contributed by atoms with E-state index in [1.54, 1.807) is 18.2 Å². The van der Waals surface area contributed by atoms with E-state index >= 15 is 0 Å². The summed E-state index contributed by atoms with van der Waals surface area (Å²) in [6, 6.07) is 10.6. The summed E-state index contributed by atoms with van der Waals surface area (Å²) < 4.78 is 28.2. The van der Waals surface area contributed by atoms with Gasteiger partial charge in [0.15, 0.2) is 0 Å². The number of fused-ring (bicyclic) bond motifs is 1. The summed E-state index contributed by atoms with van der Waals surface area (Å²) in [6.07, 6.45) is 0. The zero-order valence-corrected chi connectivity index (χ0v) is 19.2. The van der Waals surface area contributed by atoms with Gasteiger partial charge in [-0.1, -0.05) is 29.3 Å². The van der Waals surface area contributed by atoms with Crippen LogP contribution in [-0.2, 0) is 29.7 Å². The molecule has 29 heavy (non-hydrogen) atoms. The van der Waals surface area contributed by atoms with Gasteiger partial charge in [0.1, 0.15) is 5.82 Å². The number of aryl methyl sites for hydroxylation is 1. The summed E-state index contributed by atoms with van der Waals surface area (Å²) in [7, 11) is 1.53. The maximum absolute atomic E-state index is 12.4. The lowest BCUT2D eigenvalue weighted by Gasteiger charge is -2.18. The Labute approximate surface area is 181 Å². The second-order valence-corrected chi connectivity index (χ2v) is 10.1. The van der Waals surface area contributed by atoms with Gasteiger partial charge in [0, 0.05) is 37.2 Å². The molecule has 0 fully saturated rings. The van der Waals surface area contributed by atoms with Crippen molar-refractivity contribution in [3.05, 3.63) is 57.8 Å². The maximum Gasteiger partial charge on any atom is 0.242 e. The molecule has 0 saturated carbocycles. The number of rotatable bonds is 7. The molecule has 1 heterocycles. The van der Waals surface area contributed by atoms with Crippen LogP contribution in [0.2, 0.25) is 10.0 Å². The van der Waals surface area contributed by atoms with Gasteiger partial charge in [0.25, 0.3) is 0 Å². The van der Waals surface area contributed by atoms with Crippen LogP contribution in [0, 0.1) is 0 Å². The van der Waals surface area contributed by atoms with Gasteiger partial charge in [-0.2, -0.15) is 0 Å². The Morgan fingerprint density at radius 1 is 1.03 bits per heavy atom. The van der Waals surface area contributed by atoms with Gasteiger partial charge in [-0.25, -0.2) is 17.7 Å². The number of sulfonamides is 1. The minimum absolute atomic E-state index is 0.239. The summed E-state index contributed by atoms with van der Waals surface area (Å²) in [5.41, 5.74) is 2.57. The molecule has 0 bridgehead atoms. The summed E-state index contributed by atoms with van der Waals surface area (Å²) >= 11 is 12.3. The first-order valence-corrected chi connectivity index (χ1v) is 11.4. The van der Waals surface area contributed by atoms with E-state index < -0.39 is 10.0 Å². The molecule has 0 atom stereocenters. The summed E-state index contributed by atoms with van der Waals surface area (Å²) in [5, 5.41) is 1.24. The number of aromatic nitrogens is 2. The van der Waals surface area contributed by atoms with Crippen LogP contribution in [0.3, 0.4) is 0 Å². The van der Waals surface area contributed by atoms with E-state index in [9.17, 15) is 8.42 Å². The first-order valence-electron chi connectivity index (χ1n) is 9.17. The third kappa shape index (κ3) is 4.59. The van der Waals surface area contributed by atoms with Crippen molar-refractivity contribution >= 4 is 44.3 Å². The Kier molecular flexibility index (Phi) is 6.55. The third-order valence-corrected chi connectivity index (χ3v) is 7.16. The fourth-order valence-electron chi connectivity index (χ4n) is 3.24. The largest absolute Gasteiger partial charge is 0.327 e. The molecule has 0 amide bonds. The summed E-state index contributed by atoms with van der Waals surface area (Å²) in [4.78, 5) is 7.07. The van der Waals surface area contributed by atoms with Gasteiger partial charge < -0.3 is 4.57 Å². The van der Waals surface area contributed by atoms with E-state index in [0.29, 0.717) is 28.7 Å². The zero-order chi connectivity index (χ0) is 21.3. The highest BCUT2D eigenvalue weighted by atomic mass is 35.5. The molecule has 0 aliphatic carbocycles. The van der Waals surface area contributed by atoms with Crippen LogP contribution in [0.4, 0.5) is 0 Å². The molecule has 3 rings (SSSR count). The topological polar surface area (TPSA) is 58.4 Å². The van der Waals surface area contributed by atoms with Crippen molar-refractivity contribution in [2.24, 2.45) is 0 Å². The molecule has 9 heteroatoms. The average Bonchev–Trinajstić information content (AvgIpc) is 2.99. The second-order valence-electron chi connectivity index (χ2n) is 7.12. The Morgan fingerprint density at radius 2 is 1.76 bits per heavy atom. The van der Waals surface area contributed by atoms with Gasteiger partial charge in [-0.05, 0) is 49.9 Å². The van der Waals surface area contributed by atoms with Crippen LogP contribution in [0.25, 0.3) is 11.0 Å². The van der Waals surface area contributed by atoms with Crippen molar-refractivity contribution in [2.75, 3.05) is 21.1 Å². The molecule has 0 aliphatic heterocycles. The average molecular weight is 455 g/mol. The molecular formula is C20H24Cl2N4O2S. The molecule has 0 spiro atoms. The van der Waals surface area contributed by atoms with Crippen molar-refractivity contribution in [2.45, 2.75) is 31.5 Å². The summed E-state index contributed by atoms with van der Waals surface area (Å²) in [5.74, 6) is 0.870. The van der Waals surface area contributed by atoms with E-state index in [1.165, 1.54) is 18.4 Å². The molecule has 0 unspecified atom stereocenters. The fourth-order valence-corrected chi connectivity index (χ4v) is 4.63. The molecule has 1 aromatic heterocycles. The lowest BCUT2D eigenvalue weighted by Crippen LogP contribution is -2.22. The van der Waals surface area contributed by atoms with E-state index in [1.807, 2.05) is 32.2 Å². The minimum atomic E-state index is -3.50. The minimum Gasteiger partial charge on any atom is -0.327 e. The van der Waals surface area contributed by atoms with E-state index in [4.69, 9.17) is 28.2 Å². The van der Waals surface area contributed by atoms with Gasteiger partial charge >= 0.3 is 0 Å². The molecule has 6 nitrogen and oxygen atoms in total. The third-order valence-electron chi connectivity index (χ3n) is 4.76. The van der Waals surface area contributed by atoms with E-state index in [-0.39, 0.29) is 4.90 Å². The van der Waals surface area contributed by atoms with Crippen LogP contribution in [0.1, 0.15) is 18.3 Å². The van der Waals surface area contributed by atoms with Crippen LogP contribution >= 0.6 is 23.2 Å². The molecule has 0 radical (unpaired) electrons. The Bertz CT molecular complexity index is 1140. The number of nitrogens with zero attached hydrogens (tertiary/aromatic N) is 4. The smallest absolute Gasteiger partial charge is 0.242 e. The highest BCUT2D eigenvalue weighted by Gasteiger charge is 2.20. The Balaban J connectivity index is 1.90. The zero-order valence-electron chi connectivity index (χ0n) is 16.9. The second kappa shape index (κ2) is 8.62. The first kappa shape index (κ1) is 22.1.